The van der Waals surface area contributed by atoms with Gasteiger partial charge in [0, 0.05) is 5.92 Å². The summed E-state index contributed by atoms with van der Waals surface area (Å²) in [4.78, 5) is 12.3. The zero-order valence-electron chi connectivity index (χ0n) is 15.9. The van der Waals surface area contributed by atoms with Crippen LogP contribution in [-0.2, 0) is 4.79 Å². The summed E-state index contributed by atoms with van der Waals surface area (Å²) in [5.74, 6) is 4.58. The number of fused-ring (bicyclic) bond motifs is 5. The third-order valence-corrected chi connectivity index (χ3v) is 9.47. The Kier molecular flexibility index (Phi) is 4.14. The molecule has 8 atom stereocenters. The summed E-state index contributed by atoms with van der Waals surface area (Å²) in [5, 5.41) is 9.40. The van der Waals surface area contributed by atoms with Gasteiger partial charge in [0.25, 0.3) is 0 Å². The van der Waals surface area contributed by atoms with E-state index in [9.17, 15) is 9.90 Å². The molecule has 0 bridgehead atoms. The number of aliphatic hydroxyl groups is 1. The molecule has 4 saturated carbocycles. The average molecular weight is 333 g/mol. The van der Waals surface area contributed by atoms with Gasteiger partial charge < -0.3 is 5.11 Å². The van der Waals surface area contributed by atoms with Crippen molar-refractivity contribution in [1.29, 1.82) is 0 Å². The maximum absolute atomic E-state index is 12.3. The predicted molar refractivity (Wildman–Crippen MR) is 96.5 cm³/mol. The fraction of sp³-hybridized carbons (Fsp3) is 0.955. The molecule has 0 unspecified atom stereocenters. The van der Waals surface area contributed by atoms with E-state index in [1.807, 2.05) is 0 Å². The van der Waals surface area contributed by atoms with Crippen LogP contribution < -0.4 is 0 Å². The zero-order chi connectivity index (χ0) is 17.1. The highest BCUT2D eigenvalue weighted by Crippen LogP contribution is 2.67. The van der Waals surface area contributed by atoms with Gasteiger partial charge in [0.15, 0.2) is 5.78 Å². The zero-order valence-corrected chi connectivity index (χ0v) is 15.9. The van der Waals surface area contributed by atoms with Gasteiger partial charge in [-0.3, -0.25) is 4.79 Å². The summed E-state index contributed by atoms with van der Waals surface area (Å²) >= 11 is 0. The summed E-state index contributed by atoms with van der Waals surface area (Å²) < 4.78 is 0. The summed E-state index contributed by atoms with van der Waals surface area (Å²) in [6.45, 7) is 7.20. The van der Waals surface area contributed by atoms with Crippen LogP contribution in [0.25, 0.3) is 0 Å². The first kappa shape index (κ1) is 17.1. The lowest BCUT2D eigenvalue weighted by Gasteiger charge is -2.61. The van der Waals surface area contributed by atoms with Crippen LogP contribution in [0.15, 0.2) is 0 Å². The minimum Gasteiger partial charge on any atom is -0.389 e. The van der Waals surface area contributed by atoms with Crippen LogP contribution in [0.5, 0.6) is 0 Å². The Morgan fingerprint density at radius 1 is 0.958 bits per heavy atom. The van der Waals surface area contributed by atoms with E-state index in [2.05, 4.69) is 20.8 Å². The molecule has 2 heteroatoms. The molecule has 1 N–H and O–H groups in total. The molecule has 136 valence electrons. The monoisotopic (exact) mass is 332 g/mol. The molecule has 0 aromatic carbocycles. The molecule has 0 aromatic heterocycles. The lowest BCUT2D eigenvalue weighted by Crippen LogP contribution is -2.53. The molecular weight excluding hydrogens is 296 g/mol. The van der Waals surface area contributed by atoms with E-state index in [1.165, 1.54) is 51.4 Å². The highest BCUT2D eigenvalue weighted by Gasteiger charge is 2.60. The Morgan fingerprint density at radius 2 is 1.67 bits per heavy atom. The van der Waals surface area contributed by atoms with Gasteiger partial charge in [-0.2, -0.15) is 0 Å². The normalized spacial score (nSPS) is 53.8. The summed E-state index contributed by atoms with van der Waals surface area (Å²) in [5.41, 5.74) is 0.738. The number of hydrogen-bond acceptors (Lipinski definition) is 2. The van der Waals surface area contributed by atoms with Gasteiger partial charge in [-0.15, -0.1) is 0 Å². The molecule has 4 aliphatic rings. The SMILES string of the molecule is C[C@@H]1CC[C@@]2(C)[C@@H](CC[C@@H]3[C@@H]2CC[C@]2(C)[C@@H](C(=O)CO)CC[C@@H]32)C1. The largest absolute Gasteiger partial charge is 0.389 e. The molecule has 2 nitrogen and oxygen atoms in total. The number of hydrogen-bond donors (Lipinski definition) is 1. The molecule has 0 saturated heterocycles. The predicted octanol–water partition coefficient (Wildman–Crippen LogP) is 4.84. The van der Waals surface area contributed by atoms with Crippen LogP contribution in [0, 0.1) is 46.3 Å². The number of Topliss-reactive ketones (excluding diaryl/α,β-unsaturated/α-hetero) is 1. The Bertz CT molecular complexity index is 514. The molecule has 4 rings (SSSR count). The van der Waals surface area contributed by atoms with E-state index >= 15 is 0 Å². The van der Waals surface area contributed by atoms with Crippen LogP contribution in [0.3, 0.4) is 0 Å². The highest BCUT2D eigenvalue weighted by atomic mass is 16.3. The van der Waals surface area contributed by atoms with Crippen LogP contribution in [-0.4, -0.2) is 17.5 Å². The van der Waals surface area contributed by atoms with E-state index in [0.29, 0.717) is 5.41 Å². The standard InChI is InChI=1S/C22H36O2/c1-14-8-10-21(2)15(12-14)4-5-16-17-6-7-19(20(24)13-23)22(17,3)11-9-18(16)21/h14-19,23H,4-13H2,1-3H3/t14-,15+,16+,17+,18+,19-,21+,22+/m1/s1. The first-order chi connectivity index (χ1) is 11.4. The lowest BCUT2D eigenvalue weighted by atomic mass is 9.44. The smallest absolute Gasteiger partial charge is 0.161 e. The van der Waals surface area contributed by atoms with Crippen molar-refractivity contribution >= 4 is 5.78 Å². The van der Waals surface area contributed by atoms with E-state index < -0.39 is 0 Å². The molecule has 0 spiro atoms. The molecule has 0 aliphatic heterocycles. The molecular formula is C22H36O2. The summed E-state index contributed by atoms with van der Waals surface area (Å²) in [7, 11) is 0. The van der Waals surface area contributed by atoms with Gasteiger partial charge >= 0.3 is 0 Å². The number of carbonyl (C=O) groups excluding carboxylic acids is 1. The number of carbonyl (C=O) groups is 1. The minimum atomic E-state index is -0.251. The second-order valence-electron chi connectivity index (χ2n) is 10.3. The van der Waals surface area contributed by atoms with Gasteiger partial charge in [-0.25, -0.2) is 0 Å². The fourth-order valence-electron chi connectivity index (χ4n) is 8.11. The van der Waals surface area contributed by atoms with Crippen LogP contribution in [0.1, 0.15) is 78.6 Å². The van der Waals surface area contributed by atoms with Gasteiger partial charge in [-0.1, -0.05) is 27.2 Å². The first-order valence-electron chi connectivity index (χ1n) is 10.5. The third kappa shape index (κ3) is 2.27. The highest BCUT2D eigenvalue weighted by molar-refractivity contribution is 5.83. The van der Waals surface area contributed by atoms with Crippen LogP contribution in [0.4, 0.5) is 0 Å². The van der Waals surface area contributed by atoms with Gasteiger partial charge in [0.05, 0.1) is 0 Å². The van der Waals surface area contributed by atoms with Crippen molar-refractivity contribution in [3.8, 4) is 0 Å². The van der Waals surface area contributed by atoms with Crippen molar-refractivity contribution < 1.29 is 9.90 Å². The number of rotatable bonds is 2. The third-order valence-electron chi connectivity index (χ3n) is 9.47. The quantitative estimate of drug-likeness (QED) is 0.785. The van der Waals surface area contributed by atoms with E-state index in [-0.39, 0.29) is 23.7 Å². The first-order valence-corrected chi connectivity index (χ1v) is 10.5. The Labute approximate surface area is 147 Å². The minimum absolute atomic E-state index is 0.116. The number of aliphatic hydroxyl groups excluding tert-OH is 1. The topological polar surface area (TPSA) is 37.3 Å². The molecule has 4 fully saturated rings. The second-order valence-corrected chi connectivity index (χ2v) is 10.3. The van der Waals surface area contributed by atoms with Crippen molar-refractivity contribution in [2.24, 2.45) is 46.3 Å². The molecule has 0 heterocycles. The van der Waals surface area contributed by atoms with Crippen molar-refractivity contribution in [2.45, 2.75) is 78.6 Å². The van der Waals surface area contributed by atoms with Crippen molar-refractivity contribution in [2.75, 3.05) is 6.61 Å². The molecule has 0 radical (unpaired) electrons. The number of ketones is 1. The van der Waals surface area contributed by atoms with E-state index in [0.717, 1.165) is 36.0 Å². The average Bonchev–Trinajstić information content (AvgIpc) is 2.92. The maximum Gasteiger partial charge on any atom is 0.161 e. The lowest BCUT2D eigenvalue weighted by molar-refractivity contribution is -0.138. The van der Waals surface area contributed by atoms with Crippen molar-refractivity contribution in [3.05, 3.63) is 0 Å². The summed E-state index contributed by atoms with van der Waals surface area (Å²) in [6, 6.07) is 0. The Hall–Kier alpha value is -0.370. The molecule has 24 heavy (non-hydrogen) atoms. The van der Waals surface area contributed by atoms with Crippen molar-refractivity contribution in [1.82, 2.24) is 0 Å². The van der Waals surface area contributed by atoms with Gasteiger partial charge in [0.1, 0.15) is 6.61 Å². The van der Waals surface area contributed by atoms with Crippen LogP contribution >= 0.6 is 0 Å². The molecule has 0 amide bonds. The van der Waals surface area contributed by atoms with Gasteiger partial charge in [-0.05, 0) is 91.8 Å². The fourth-order valence-corrected chi connectivity index (χ4v) is 8.11. The van der Waals surface area contributed by atoms with Crippen molar-refractivity contribution in [3.63, 3.8) is 0 Å². The van der Waals surface area contributed by atoms with Gasteiger partial charge in [0.2, 0.25) is 0 Å². The van der Waals surface area contributed by atoms with E-state index in [4.69, 9.17) is 0 Å². The summed E-state index contributed by atoms with van der Waals surface area (Å²) in [6.07, 6.45) is 11.9. The van der Waals surface area contributed by atoms with Crippen LogP contribution in [0.2, 0.25) is 0 Å². The maximum atomic E-state index is 12.3. The van der Waals surface area contributed by atoms with E-state index in [1.54, 1.807) is 0 Å². The Balaban J connectivity index is 1.60. The molecule has 4 aliphatic carbocycles. The second kappa shape index (κ2) is 5.83. The Morgan fingerprint density at radius 3 is 2.42 bits per heavy atom. The molecule has 0 aromatic rings.